The van der Waals surface area contributed by atoms with Gasteiger partial charge >= 0.3 is 12.1 Å². The third kappa shape index (κ3) is 3.17. The topological polar surface area (TPSA) is 87.1 Å². The summed E-state index contributed by atoms with van der Waals surface area (Å²) in [5, 5.41) is 19.1. The lowest BCUT2D eigenvalue weighted by molar-refractivity contribution is -0.145. The van der Waals surface area contributed by atoms with Gasteiger partial charge < -0.3 is 14.9 Å². The predicted molar refractivity (Wildman–Crippen MR) is 98.4 cm³/mol. The lowest BCUT2D eigenvalue weighted by Crippen LogP contribution is -2.51. The molecule has 2 N–H and O–H groups in total. The van der Waals surface area contributed by atoms with Crippen LogP contribution in [0.25, 0.3) is 11.1 Å². The third-order valence-corrected chi connectivity index (χ3v) is 5.43. The zero-order valence-electron chi connectivity index (χ0n) is 14.7. The number of aliphatic carboxylic acids is 1. The number of benzene rings is 2. The van der Waals surface area contributed by atoms with Crippen LogP contribution in [0.2, 0.25) is 0 Å². The van der Waals surface area contributed by atoms with E-state index in [1.54, 1.807) is 0 Å². The smallest absolute Gasteiger partial charge is 0.410 e. The molecule has 0 aromatic heterocycles. The zero-order valence-corrected chi connectivity index (χ0v) is 14.7. The summed E-state index contributed by atoms with van der Waals surface area (Å²) in [5.74, 6) is -1.19. The molecule has 1 fully saturated rings. The van der Waals surface area contributed by atoms with Gasteiger partial charge in [0, 0.05) is 18.9 Å². The van der Waals surface area contributed by atoms with Crippen molar-refractivity contribution >= 4 is 12.1 Å². The quantitative estimate of drug-likeness (QED) is 0.871. The summed E-state index contributed by atoms with van der Waals surface area (Å²) >= 11 is 0. The molecule has 1 amide bonds. The van der Waals surface area contributed by atoms with E-state index < -0.39 is 24.2 Å². The van der Waals surface area contributed by atoms with Crippen LogP contribution in [0.15, 0.2) is 48.5 Å². The Balaban J connectivity index is 1.52. The van der Waals surface area contributed by atoms with Crippen molar-refractivity contribution in [3.05, 3.63) is 59.7 Å². The summed E-state index contributed by atoms with van der Waals surface area (Å²) in [5.41, 5.74) is 4.49. The average molecular weight is 367 g/mol. The standard InChI is InChI=1S/C21H21NO5/c23-13-9-10-22(19(11-13)20(24)25)21(26)27-12-18-16-7-3-1-5-14(16)15-6-2-4-8-17(15)18/h1-8,13,18-19,23H,9-12H2,(H,24,25)/t13-,19-/m0/s1. The minimum absolute atomic E-state index is 0.0273. The van der Waals surface area contributed by atoms with Crippen LogP contribution >= 0.6 is 0 Å². The number of nitrogens with zero attached hydrogens (tertiary/aromatic N) is 1. The summed E-state index contributed by atoms with van der Waals surface area (Å²) < 4.78 is 5.54. The number of carboxylic acid groups (broad SMARTS) is 1. The molecule has 6 nitrogen and oxygen atoms in total. The number of ether oxygens (including phenoxy) is 1. The normalized spacial score (nSPS) is 21.4. The third-order valence-electron chi connectivity index (χ3n) is 5.43. The van der Waals surface area contributed by atoms with E-state index in [0.717, 1.165) is 22.3 Å². The maximum atomic E-state index is 12.6. The highest BCUT2D eigenvalue weighted by atomic mass is 16.6. The van der Waals surface area contributed by atoms with Crippen molar-refractivity contribution in [2.24, 2.45) is 0 Å². The van der Waals surface area contributed by atoms with Crippen molar-refractivity contribution in [1.29, 1.82) is 0 Å². The van der Waals surface area contributed by atoms with Gasteiger partial charge in [-0.3, -0.25) is 4.90 Å². The molecule has 0 radical (unpaired) electrons. The molecule has 0 bridgehead atoms. The highest BCUT2D eigenvalue weighted by Gasteiger charge is 2.37. The molecule has 2 aliphatic rings. The highest BCUT2D eigenvalue weighted by molar-refractivity contribution is 5.81. The fourth-order valence-corrected chi connectivity index (χ4v) is 4.08. The molecule has 0 unspecified atom stereocenters. The van der Waals surface area contributed by atoms with Crippen LogP contribution in [0.3, 0.4) is 0 Å². The molecule has 1 aliphatic heterocycles. The number of aliphatic hydroxyl groups is 1. The van der Waals surface area contributed by atoms with E-state index in [0.29, 0.717) is 6.42 Å². The monoisotopic (exact) mass is 367 g/mol. The Kier molecular flexibility index (Phi) is 4.58. The van der Waals surface area contributed by atoms with E-state index in [9.17, 15) is 19.8 Å². The summed E-state index contributed by atoms with van der Waals surface area (Å²) in [7, 11) is 0. The van der Waals surface area contributed by atoms with Gasteiger partial charge in [0.05, 0.1) is 6.10 Å². The van der Waals surface area contributed by atoms with Crippen LogP contribution in [-0.2, 0) is 9.53 Å². The van der Waals surface area contributed by atoms with Gasteiger partial charge in [-0.25, -0.2) is 9.59 Å². The molecule has 27 heavy (non-hydrogen) atoms. The summed E-state index contributed by atoms with van der Waals surface area (Å²) in [6.07, 6.45) is -0.965. The molecule has 2 aromatic rings. The minimum Gasteiger partial charge on any atom is -0.480 e. The molecule has 2 aromatic carbocycles. The molecule has 0 saturated carbocycles. The second-order valence-electron chi connectivity index (χ2n) is 7.03. The number of hydrogen-bond acceptors (Lipinski definition) is 4. The molecular weight excluding hydrogens is 346 g/mol. The fourth-order valence-electron chi connectivity index (χ4n) is 4.08. The van der Waals surface area contributed by atoms with Crippen LogP contribution in [-0.4, -0.2) is 52.5 Å². The lowest BCUT2D eigenvalue weighted by Gasteiger charge is -2.34. The zero-order chi connectivity index (χ0) is 19.0. The lowest BCUT2D eigenvalue weighted by atomic mass is 9.98. The van der Waals surface area contributed by atoms with Crippen LogP contribution in [0.4, 0.5) is 4.79 Å². The largest absolute Gasteiger partial charge is 0.480 e. The van der Waals surface area contributed by atoms with Gasteiger partial charge in [-0.05, 0) is 28.7 Å². The Bertz CT molecular complexity index is 835. The maximum Gasteiger partial charge on any atom is 0.410 e. The summed E-state index contributed by atoms with van der Waals surface area (Å²) in [4.78, 5) is 25.2. The van der Waals surface area contributed by atoms with Gasteiger partial charge in [0.25, 0.3) is 0 Å². The molecule has 1 saturated heterocycles. The van der Waals surface area contributed by atoms with Crippen molar-refractivity contribution in [2.75, 3.05) is 13.2 Å². The minimum atomic E-state index is -1.12. The Hall–Kier alpha value is -2.86. The van der Waals surface area contributed by atoms with E-state index >= 15 is 0 Å². The first-order valence-corrected chi connectivity index (χ1v) is 9.08. The number of amides is 1. The number of rotatable bonds is 3. The van der Waals surface area contributed by atoms with Gasteiger partial charge in [-0.2, -0.15) is 0 Å². The van der Waals surface area contributed by atoms with Crippen molar-refractivity contribution in [1.82, 2.24) is 4.90 Å². The Morgan fingerprint density at radius 3 is 2.22 bits per heavy atom. The number of carbonyl (C=O) groups is 2. The Labute approximate surface area is 157 Å². The van der Waals surface area contributed by atoms with Crippen LogP contribution in [0, 0.1) is 0 Å². The number of fused-ring (bicyclic) bond motifs is 3. The second-order valence-corrected chi connectivity index (χ2v) is 7.03. The molecular formula is C21H21NO5. The van der Waals surface area contributed by atoms with Gasteiger partial charge in [0.2, 0.25) is 0 Å². The van der Waals surface area contributed by atoms with E-state index in [1.165, 1.54) is 4.90 Å². The predicted octanol–water partition coefficient (Wildman–Crippen LogP) is 2.85. The van der Waals surface area contributed by atoms with Gasteiger partial charge in [0.15, 0.2) is 0 Å². The number of piperidine rings is 1. The Morgan fingerprint density at radius 2 is 1.63 bits per heavy atom. The molecule has 6 heteroatoms. The summed E-state index contributed by atoms with van der Waals surface area (Å²) in [6.45, 7) is 0.326. The van der Waals surface area contributed by atoms with E-state index in [2.05, 4.69) is 12.1 Å². The van der Waals surface area contributed by atoms with E-state index in [-0.39, 0.29) is 25.5 Å². The van der Waals surface area contributed by atoms with Gasteiger partial charge in [-0.15, -0.1) is 0 Å². The molecule has 2 atom stereocenters. The highest BCUT2D eigenvalue weighted by Crippen LogP contribution is 2.44. The van der Waals surface area contributed by atoms with Gasteiger partial charge in [0.1, 0.15) is 12.6 Å². The SMILES string of the molecule is O=C(O)[C@@H]1C[C@@H](O)CCN1C(=O)OCC1c2ccccc2-c2ccccc21. The summed E-state index contributed by atoms with van der Waals surface area (Å²) in [6, 6.07) is 15.0. The fraction of sp³-hybridized carbons (Fsp3) is 0.333. The molecule has 140 valence electrons. The van der Waals surface area contributed by atoms with Crippen molar-refractivity contribution in [2.45, 2.75) is 30.9 Å². The number of hydrogen-bond donors (Lipinski definition) is 2. The van der Waals surface area contributed by atoms with Crippen LogP contribution in [0.1, 0.15) is 29.9 Å². The second kappa shape index (κ2) is 7.04. The Morgan fingerprint density at radius 1 is 1.04 bits per heavy atom. The van der Waals surface area contributed by atoms with Crippen LogP contribution < -0.4 is 0 Å². The van der Waals surface area contributed by atoms with Crippen molar-refractivity contribution in [3.63, 3.8) is 0 Å². The number of aliphatic hydroxyl groups excluding tert-OH is 1. The number of carboxylic acids is 1. The average Bonchev–Trinajstić information content (AvgIpc) is 3.00. The first kappa shape index (κ1) is 17.5. The molecule has 1 heterocycles. The van der Waals surface area contributed by atoms with Crippen molar-refractivity contribution < 1.29 is 24.5 Å². The first-order chi connectivity index (χ1) is 13.1. The van der Waals surface area contributed by atoms with E-state index in [4.69, 9.17) is 4.74 Å². The number of likely N-dealkylation sites (tertiary alicyclic amines) is 1. The van der Waals surface area contributed by atoms with Gasteiger partial charge in [-0.1, -0.05) is 48.5 Å². The maximum absolute atomic E-state index is 12.6. The molecule has 1 aliphatic carbocycles. The number of carbonyl (C=O) groups excluding carboxylic acids is 1. The van der Waals surface area contributed by atoms with Crippen LogP contribution in [0.5, 0.6) is 0 Å². The van der Waals surface area contributed by atoms with E-state index in [1.807, 2.05) is 36.4 Å². The molecule has 0 spiro atoms. The van der Waals surface area contributed by atoms with Crippen molar-refractivity contribution in [3.8, 4) is 11.1 Å². The molecule has 4 rings (SSSR count). The first-order valence-electron chi connectivity index (χ1n) is 9.08.